The molecule has 0 amide bonds. The maximum absolute atomic E-state index is 14.1. The van der Waals surface area contributed by atoms with Crippen molar-refractivity contribution >= 4 is 76.9 Å². The van der Waals surface area contributed by atoms with Gasteiger partial charge in [0, 0.05) is 28.2 Å². The van der Waals surface area contributed by atoms with E-state index in [0.29, 0.717) is 68.6 Å². The number of fused-ring (bicyclic) bond motifs is 8. The Morgan fingerprint density at radius 1 is 1.02 bits per heavy atom. The fourth-order valence-electron chi connectivity index (χ4n) is 7.25. The molecule has 0 aromatic carbocycles. The second kappa shape index (κ2) is 13.6. The predicted octanol–water partition coefficient (Wildman–Crippen LogP) is 3.67. The quantitative estimate of drug-likeness (QED) is 0.167. The number of hydrogen-bond acceptors (Lipinski definition) is 6. The minimum Gasteiger partial charge on any atom is -0.681 e. The molecular formula is C37H37MgN4O6-. The Bertz CT molecular complexity index is 2060. The maximum Gasteiger partial charge on any atom is 2.00 e. The number of ketones is 1. The van der Waals surface area contributed by atoms with E-state index in [1.165, 1.54) is 7.11 Å². The minimum atomic E-state index is -0.756. The molecule has 1 saturated heterocycles. The van der Waals surface area contributed by atoms with E-state index in [-0.39, 0.29) is 59.5 Å². The molecule has 3 atom stereocenters. The second-order valence-electron chi connectivity index (χ2n) is 12.1. The molecule has 1 unspecified atom stereocenters. The van der Waals surface area contributed by atoms with Crippen molar-refractivity contribution in [3.05, 3.63) is 90.0 Å². The van der Waals surface area contributed by atoms with Gasteiger partial charge in [-0.25, -0.2) is 4.79 Å². The first-order valence-electron chi connectivity index (χ1n) is 15.9. The van der Waals surface area contributed by atoms with Crippen LogP contribution in [0.15, 0.2) is 17.8 Å². The van der Waals surface area contributed by atoms with Crippen molar-refractivity contribution in [2.75, 3.05) is 13.7 Å². The van der Waals surface area contributed by atoms with Gasteiger partial charge in [-0.3, -0.25) is 14.4 Å². The van der Waals surface area contributed by atoms with E-state index < -0.39 is 17.8 Å². The van der Waals surface area contributed by atoms with Crippen molar-refractivity contribution in [3.63, 3.8) is 0 Å². The van der Waals surface area contributed by atoms with Gasteiger partial charge >= 0.3 is 35.0 Å². The molecule has 1 aliphatic carbocycles. The predicted molar refractivity (Wildman–Crippen MR) is 184 cm³/mol. The zero-order valence-corrected chi connectivity index (χ0v) is 29.6. The van der Waals surface area contributed by atoms with Crippen LogP contribution in [0.3, 0.4) is 0 Å². The van der Waals surface area contributed by atoms with Crippen molar-refractivity contribution < 1.29 is 28.7 Å². The van der Waals surface area contributed by atoms with Crippen LogP contribution in [0.1, 0.15) is 99.4 Å². The van der Waals surface area contributed by atoms with Crippen LogP contribution >= 0.6 is 0 Å². The van der Waals surface area contributed by atoms with Gasteiger partial charge in [0.2, 0.25) is 0 Å². The smallest absolute Gasteiger partial charge is 0.681 e. The number of carbonyl (C=O) groups is 4. The number of aromatic nitrogens is 3. The average Bonchev–Trinajstić information content (AvgIpc) is 3.80. The second-order valence-corrected chi connectivity index (χ2v) is 12.1. The summed E-state index contributed by atoms with van der Waals surface area (Å²) in [5.74, 6) is -1.97. The van der Waals surface area contributed by atoms with E-state index >= 15 is 0 Å². The van der Waals surface area contributed by atoms with Crippen LogP contribution in [0.25, 0.3) is 35.2 Å². The number of H-pyrrole nitrogens is 1. The third-order valence-corrected chi connectivity index (χ3v) is 9.72. The molecule has 48 heavy (non-hydrogen) atoms. The first-order valence-corrected chi connectivity index (χ1v) is 15.9. The number of rotatable bonds is 8. The molecule has 2 aliphatic heterocycles. The summed E-state index contributed by atoms with van der Waals surface area (Å²) in [5, 5.41) is 6.46. The van der Waals surface area contributed by atoms with E-state index in [2.05, 4.69) is 11.6 Å². The van der Waals surface area contributed by atoms with Crippen molar-refractivity contribution in [1.82, 2.24) is 15.0 Å². The van der Waals surface area contributed by atoms with Gasteiger partial charge in [0.25, 0.3) is 0 Å². The number of allylic oxidation sites excluding steroid dienone is 1. The molecule has 1 N–H and O–H groups in total. The van der Waals surface area contributed by atoms with Crippen molar-refractivity contribution in [3.8, 4) is 0 Å². The standard InChI is InChI=1S/C37H39N4O6.Mg/c1-8-20-17(4)24-13-25-18(5)22(11-12-30(43)47-10-3)34(40-25)32-33(37(45)46-7)36(44)31-19(6)26(41-35(31)32)14-28-21(9-2)23(16-42)29(39-28)15-27(20)38-24;/h8,13-16,18,22,34H,1,9-12H2,2-7H3,(H3-,38,39,40,41,42,44,45);/q-1;+2/p-2/t18-,22-,34?;/m0./s1. The molecular weight excluding hydrogens is 621 g/mol. The number of aldehydes is 1. The zero-order chi connectivity index (χ0) is 33.7. The Kier molecular flexibility index (Phi) is 9.93. The molecule has 1 fully saturated rings. The van der Waals surface area contributed by atoms with Crippen LogP contribution in [-0.2, 0) is 25.5 Å². The topological polar surface area (TPSA) is 145 Å². The number of nitrogens with zero attached hydrogens (tertiary/aromatic N) is 3. The number of hydrogen-bond donors (Lipinski definition) is 1. The van der Waals surface area contributed by atoms with E-state index in [1.807, 2.05) is 39.0 Å². The Morgan fingerprint density at radius 2 is 1.73 bits per heavy atom. The molecule has 10 nitrogen and oxygen atoms in total. The molecule has 6 rings (SSSR count). The number of methoxy groups -OCH3 is 1. The van der Waals surface area contributed by atoms with E-state index in [9.17, 15) is 19.2 Å². The maximum atomic E-state index is 14.1. The van der Waals surface area contributed by atoms with Gasteiger partial charge < -0.3 is 29.7 Å². The Hall–Kier alpha value is -4.35. The molecule has 0 spiro atoms. The number of Topliss-reactive ketones (excluding diaryl/α,β-unsaturated/α-hetero) is 1. The van der Waals surface area contributed by atoms with E-state index in [1.54, 1.807) is 19.9 Å². The number of carbonyl (C=O) groups excluding carboxylic acids is 4. The third kappa shape index (κ3) is 5.52. The molecule has 244 valence electrons. The van der Waals surface area contributed by atoms with E-state index in [0.717, 1.165) is 28.7 Å². The zero-order valence-electron chi connectivity index (χ0n) is 28.2. The van der Waals surface area contributed by atoms with Gasteiger partial charge in [0.1, 0.15) is 5.57 Å². The first-order chi connectivity index (χ1) is 22.6. The van der Waals surface area contributed by atoms with Gasteiger partial charge in [-0.05, 0) is 56.6 Å². The summed E-state index contributed by atoms with van der Waals surface area (Å²) in [6.07, 6.45) is 9.34. The summed E-state index contributed by atoms with van der Waals surface area (Å²) in [6, 6.07) is -0.662. The summed E-state index contributed by atoms with van der Waals surface area (Å²) >= 11 is 0. The Balaban J connectivity index is 0.00000451. The largest absolute Gasteiger partial charge is 2.00 e. The van der Waals surface area contributed by atoms with Gasteiger partial charge in [-0.2, -0.15) is 5.70 Å². The van der Waals surface area contributed by atoms with Crippen molar-refractivity contribution in [2.45, 2.75) is 59.9 Å². The van der Waals surface area contributed by atoms with Crippen LogP contribution in [0, 0.1) is 25.7 Å². The number of nitrogens with one attached hydrogen (secondary N) is 1. The van der Waals surface area contributed by atoms with Gasteiger partial charge in [-0.15, -0.1) is 22.8 Å². The summed E-state index contributed by atoms with van der Waals surface area (Å²) < 4.78 is 10.4. The summed E-state index contributed by atoms with van der Waals surface area (Å²) in [7, 11) is 1.24. The van der Waals surface area contributed by atoms with Crippen LogP contribution in [0.2, 0.25) is 0 Å². The number of ether oxygens (including phenoxy) is 2. The van der Waals surface area contributed by atoms with Gasteiger partial charge in [0.05, 0.1) is 13.7 Å². The number of esters is 2. The average molecular weight is 658 g/mol. The molecule has 3 aromatic rings. The van der Waals surface area contributed by atoms with Crippen molar-refractivity contribution in [1.29, 1.82) is 0 Å². The number of aromatic amines is 1. The molecule has 11 heteroatoms. The summed E-state index contributed by atoms with van der Waals surface area (Å²) in [5.41, 5.74) is 7.30. The fourth-order valence-corrected chi connectivity index (χ4v) is 7.25. The third-order valence-electron chi connectivity index (χ3n) is 9.72. The fraction of sp³-hybridized carbons (Fsp3) is 0.351. The van der Waals surface area contributed by atoms with Gasteiger partial charge in [-0.1, -0.05) is 67.5 Å². The molecule has 3 aromatic heterocycles. The summed E-state index contributed by atoms with van der Waals surface area (Å²) in [4.78, 5) is 65.6. The molecule has 8 bridgehead atoms. The first kappa shape index (κ1) is 35.0. The van der Waals surface area contributed by atoms with E-state index in [4.69, 9.17) is 24.8 Å². The SMILES string of the molecule is C=Cc1c2[n-]c(c1C)/C=C1\[N-]C(C3=C(C(=O)OC)C(=O)c4c3[n-]c(c4C)/C=c3\[nH]/c(c(C=O)c3CC)=C\2)[C@@H](CCC(=O)OCC)[C@@H]1C.[Mg+2]. The Labute approximate surface area is 295 Å². The van der Waals surface area contributed by atoms with Gasteiger partial charge in [0.15, 0.2) is 12.1 Å². The molecule has 3 aliphatic rings. The Morgan fingerprint density at radius 3 is 2.38 bits per heavy atom. The van der Waals surface area contributed by atoms with Crippen molar-refractivity contribution in [2.24, 2.45) is 11.8 Å². The monoisotopic (exact) mass is 657 g/mol. The van der Waals surface area contributed by atoms with Crippen LogP contribution in [-0.4, -0.2) is 71.8 Å². The normalized spacial score (nSPS) is 21.6. The molecule has 0 saturated carbocycles. The molecule has 5 heterocycles. The van der Waals surface area contributed by atoms with Crippen LogP contribution < -0.4 is 20.7 Å². The minimum absolute atomic E-state index is 0. The summed E-state index contributed by atoms with van der Waals surface area (Å²) in [6.45, 7) is 13.8. The molecule has 0 radical (unpaired) electrons. The van der Waals surface area contributed by atoms with Crippen LogP contribution in [0.4, 0.5) is 0 Å². The van der Waals surface area contributed by atoms with Crippen LogP contribution in [0.5, 0.6) is 0 Å².